The summed E-state index contributed by atoms with van der Waals surface area (Å²) in [4.78, 5) is 0. The first-order valence-corrected chi connectivity index (χ1v) is 6.94. The fourth-order valence-corrected chi connectivity index (χ4v) is 2.70. The number of aryl methyl sites for hydroxylation is 1. The molecule has 0 radical (unpaired) electrons. The molecule has 18 heavy (non-hydrogen) atoms. The summed E-state index contributed by atoms with van der Waals surface area (Å²) in [5, 5.41) is 10.1. The van der Waals surface area contributed by atoms with E-state index in [1.54, 1.807) is 0 Å². The van der Waals surface area contributed by atoms with Gasteiger partial charge in [0, 0.05) is 0 Å². The number of hydrogen-bond acceptors (Lipinski definition) is 2. The molecule has 0 amide bonds. The lowest BCUT2D eigenvalue weighted by Crippen LogP contribution is -2.41. The predicted molar refractivity (Wildman–Crippen MR) is 73.9 cm³/mol. The molecule has 1 fully saturated rings. The molecule has 0 spiro atoms. The molecule has 1 aromatic carbocycles. The Morgan fingerprint density at radius 3 is 2.78 bits per heavy atom. The monoisotopic (exact) mass is 248 g/mol. The van der Waals surface area contributed by atoms with E-state index in [4.69, 9.17) is 4.74 Å². The van der Waals surface area contributed by atoms with Crippen molar-refractivity contribution < 1.29 is 9.84 Å². The number of hydrogen-bond donors (Lipinski definition) is 1. The molecule has 2 heteroatoms. The van der Waals surface area contributed by atoms with Crippen molar-refractivity contribution in [2.75, 3.05) is 0 Å². The highest BCUT2D eigenvalue weighted by Crippen LogP contribution is 2.37. The Morgan fingerprint density at radius 1 is 1.33 bits per heavy atom. The van der Waals surface area contributed by atoms with E-state index < -0.39 is 0 Å². The van der Waals surface area contributed by atoms with Gasteiger partial charge in [-0.3, -0.25) is 0 Å². The standard InChI is InChI=1S/C16H24O2/c1-4-12-7-5-6-8-14(12)18-15-11-16(2,3)10-9-13(15)17/h5-8,13,15,17H,4,9-11H2,1-3H3. The van der Waals surface area contributed by atoms with Gasteiger partial charge in [-0.25, -0.2) is 0 Å². The summed E-state index contributed by atoms with van der Waals surface area (Å²) < 4.78 is 6.08. The minimum absolute atomic E-state index is 0.0681. The first-order valence-electron chi connectivity index (χ1n) is 6.94. The quantitative estimate of drug-likeness (QED) is 0.886. The topological polar surface area (TPSA) is 29.5 Å². The van der Waals surface area contributed by atoms with Crippen LogP contribution in [0.3, 0.4) is 0 Å². The van der Waals surface area contributed by atoms with Gasteiger partial charge in [-0.1, -0.05) is 39.0 Å². The predicted octanol–water partition coefficient (Wildman–Crippen LogP) is 3.57. The van der Waals surface area contributed by atoms with E-state index in [0.29, 0.717) is 0 Å². The van der Waals surface area contributed by atoms with E-state index in [1.807, 2.05) is 18.2 Å². The maximum Gasteiger partial charge on any atom is 0.125 e. The smallest absolute Gasteiger partial charge is 0.125 e. The van der Waals surface area contributed by atoms with Crippen molar-refractivity contribution >= 4 is 0 Å². The Hall–Kier alpha value is -1.02. The largest absolute Gasteiger partial charge is 0.487 e. The maximum atomic E-state index is 10.1. The van der Waals surface area contributed by atoms with Gasteiger partial charge in [-0.2, -0.15) is 0 Å². The summed E-state index contributed by atoms with van der Waals surface area (Å²) in [6.45, 7) is 6.63. The normalized spacial score (nSPS) is 26.9. The zero-order valence-electron chi connectivity index (χ0n) is 11.6. The number of benzene rings is 1. The lowest BCUT2D eigenvalue weighted by molar-refractivity contribution is -0.0307. The molecule has 1 N–H and O–H groups in total. The van der Waals surface area contributed by atoms with Crippen LogP contribution < -0.4 is 4.74 Å². The van der Waals surface area contributed by atoms with Crippen LogP contribution in [0.5, 0.6) is 5.75 Å². The van der Waals surface area contributed by atoms with Crippen molar-refractivity contribution in [3.05, 3.63) is 29.8 Å². The van der Waals surface area contributed by atoms with Crippen LogP contribution in [0.25, 0.3) is 0 Å². The van der Waals surface area contributed by atoms with E-state index in [-0.39, 0.29) is 17.6 Å². The van der Waals surface area contributed by atoms with Crippen LogP contribution >= 0.6 is 0 Å². The SMILES string of the molecule is CCc1ccccc1OC1CC(C)(C)CCC1O. The van der Waals surface area contributed by atoms with Crippen LogP contribution in [-0.2, 0) is 6.42 Å². The third-order valence-electron chi connectivity index (χ3n) is 3.93. The van der Waals surface area contributed by atoms with Gasteiger partial charge in [-0.15, -0.1) is 0 Å². The number of rotatable bonds is 3. The number of aliphatic hydroxyl groups excluding tert-OH is 1. The van der Waals surface area contributed by atoms with Crippen LogP contribution in [0.15, 0.2) is 24.3 Å². The molecule has 1 aliphatic carbocycles. The van der Waals surface area contributed by atoms with Gasteiger partial charge >= 0.3 is 0 Å². The molecule has 0 saturated heterocycles. The van der Waals surface area contributed by atoms with E-state index in [0.717, 1.165) is 31.4 Å². The second-order valence-corrected chi connectivity index (χ2v) is 6.09. The fourth-order valence-electron chi connectivity index (χ4n) is 2.70. The number of para-hydroxylation sites is 1. The van der Waals surface area contributed by atoms with E-state index >= 15 is 0 Å². The van der Waals surface area contributed by atoms with Crippen LogP contribution in [0.1, 0.15) is 45.6 Å². The van der Waals surface area contributed by atoms with E-state index in [1.165, 1.54) is 5.56 Å². The highest BCUT2D eigenvalue weighted by atomic mass is 16.5. The lowest BCUT2D eigenvalue weighted by Gasteiger charge is -2.38. The molecule has 2 rings (SSSR count). The average Bonchev–Trinajstić information content (AvgIpc) is 2.34. The molecule has 1 saturated carbocycles. The zero-order valence-corrected chi connectivity index (χ0v) is 11.6. The van der Waals surface area contributed by atoms with Gasteiger partial charge in [-0.05, 0) is 42.7 Å². The van der Waals surface area contributed by atoms with Crippen molar-refractivity contribution in [3.8, 4) is 5.75 Å². The molecule has 2 nitrogen and oxygen atoms in total. The molecular weight excluding hydrogens is 224 g/mol. The van der Waals surface area contributed by atoms with Crippen molar-refractivity contribution in [3.63, 3.8) is 0 Å². The Balaban J connectivity index is 2.12. The molecule has 0 aromatic heterocycles. The maximum absolute atomic E-state index is 10.1. The van der Waals surface area contributed by atoms with E-state index in [9.17, 15) is 5.11 Å². The minimum Gasteiger partial charge on any atom is -0.487 e. The molecule has 0 aliphatic heterocycles. The summed E-state index contributed by atoms with van der Waals surface area (Å²) in [5.74, 6) is 0.932. The van der Waals surface area contributed by atoms with Crippen LogP contribution in [0, 0.1) is 5.41 Å². The Morgan fingerprint density at radius 2 is 2.06 bits per heavy atom. The van der Waals surface area contributed by atoms with Gasteiger partial charge in [0.25, 0.3) is 0 Å². The third kappa shape index (κ3) is 3.05. The molecule has 0 bridgehead atoms. The second-order valence-electron chi connectivity index (χ2n) is 6.09. The van der Waals surface area contributed by atoms with Crippen molar-refractivity contribution in [1.29, 1.82) is 0 Å². The van der Waals surface area contributed by atoms with Crippen molar-refractivity contribution in [2.45, 2.75) is 58.7 Å². The Bertz CT molecular complexity index is 398. The highest BCUT2D eigenvalue weighted by molar-refractivity contribution is 5.33. The average molecular weight is 248 g/mol. The van der Waals surface area contributed by atoms with Crippen LogP contribution in [0.4, 0.5) is 0 Å². The summed E-state index contributed by atoms with van der Waals surface area (Å²) in [7, 11) is 0. The minimum atomic E-state index is -0.331. The first kappa shape index (κ1) is 13.4. The van der Waals surface area contributed by atoms with Gasteiger partial charge in [0.2, 0.25) is 0 Å². The zero-order chi connectivity index (χ0) is 13.2. The van der Waals surface area contributed by atoms with Gasteiger partial charge in [0.05, 0.1) is 6.10 Å². The summed E-state index contributed by atoms with van der Waals surface area (Å²) in [6, 6.07) is 8.13. The second kappa shape index (κ2) is 5.31. The molecule has 1 aromatic rings. The lowest BCUT2D eigenvalue weighted by atomic mass is 9.75. The summed E-state index contributed by atoms with van der Waals surface area (Å²) >= 11 is 0. The Labute approximate surface area is 110 Å². The molecule has 100 valence electrons. The van der Waals surface area contributed by atoms with E-state index in [2.05, 4.69) is 26.8 Å². The molecule has 1 aliphatic rings. The number of aliphatic hydroxyl groups is 1. The summed E-state index contributed by atoms with van der Waals surface area (Å²) in [5.41, 5.74) is 1.48. The van der Waals surface area contributed by atoms with Crippen molar-refractivity contribution in [2.24, 2.45) is 5.41 Å². The first-order chi connectivity index (χ1) is 8.52. The van der Waals surface area contributed by atoms with Crippen LogP contribution in [0.2, 0.25) is 0 Å². The highest BCUT2D eigenvalue weighted by Gasteiger charge is 2.35. The Kier molecular flexibility index (Phi) is 3.96. The summed E-state index contributed by atoms with van der Waals surface area (Å²) in [6.07, 6.45) is 3.40. The van der Waals surface area contributed by atoms with Gasteiger partial charge in [0.15, 0.2) is 0 Å². The van der Waals surface area contributed by atoms with Gasteiger partial charge < -0.3 is 9.84 Å². The fraction of sp³-hybridized carbons (Fsp3) is 0.625. The molecule has 2 atom stereocenters. The van der Waals surface area contributed by atoms with Gasteiger partial charge in [0.1, 0.15) is 11.9 Å². The number of ether oxygens (including phenoxy) is 1. The third-order valence-corrected chi connectivity index (χ3v) is 3.93. The van der Waals surface area contributed by atoms with Crippen molar-refractivity contribution in [1.82, 2.24) is 0 Å². The van der Waals surface area contributed by atoms with Crippen LogP contribution in [-0.4, -0.2) is 17.3 Å². The molecule has 2 unspecified atom stereocenters. The molecule has 0 heterocycles. The molecular formula is C16H24O2.